The third-order valence-corrected chi connectivity index (χ3v) is 4.71. The number of ether oxygens (including phenoxy) is 1. The predicted molar refractivity (Wildman–Crippen MR) is 122 cm³/mol. The average molecular weight is 470 g/mol. The monoisotopic (exact) mass is 469 g/mol. The Morgan fingerprint density at radius 3 is 2.22 bits per heavy atom. The van der Waals surface area contributed by atoms with Crippen LogP contribution in [0.2, 0.25) is 0 Å². The molecule has 1 aromatic carbocycles. The Morgan fingerprint density at radius 2 is 1.66 bits per heavy atom. The lowest BCUT2D eigenvalue weighted by Gasteiger charge is -2.17. The number of thiol groups is 1. The van der Waals surface area contributed by atoms with Crippen molar-refractivity contribution in [3.63, 3.8) is 0 Å². The molecule has 13 heteroatoms. The van der Waals surface area contributed by atoms with Gasteiger partial charge in [0, 0.05) is 12.3 Å². The third kappa shape index (κ3) is 9.96. The SMILES string of the molecule is NCNC(=O)[C@@H](N)Cc1ccc(OC(=O)NCCC[C@H](N)C(=O)N[C@@H](CS)C(N)=O)cc1. The van der Waals surface area contributed by atoms with Crippen LogP contribution in [0.15, 0.2) is 24.3 Å². The molecule has 0 aliphatic heterocycles. The summed E-state index contributed by atoms with van der Waals surface area (Å²) in [6, 6.07) is 4.07. The number of nitrogens with two attached hydrogens (primary N) is 4. The van der Waals surface area contributed by atoms with E-state index in [1.807, 2.05) is 0 Å². The van der Waals surface area contributed by atoms with Gasteiger partial charge in [-0.25, -0.2) is 4.79 Å². The van der Waals surface area contributed by atoms with E-state index in [2.05, 4.69) is 28.6 Å². The fourth-order valence-corrected chi connectivity index (χ4v) is 2.82. The van der Waals surface area contributed by atoms with Gasteiger partial charge in [-0.15, -0.1) is 0 Å². The Morgan fingerprint density at radius 1 is 1.00 bits per heavy atom. The minimum Gasteiger partial charge on any atom is -0.410 e. The molecular weight excluding hydrogens is 438 g/mol. The van der Waals surface area contributed by atoms with Crippen LogP contribution in [0.4, 0.5) is 4.79 Å². The maximum Gasteiger partial charge on any atom is 0.412 e. The quantitative estimate of drug-likeness (QED) is 0.0888. The van der Waals surface area contributed by atoms with Crippen molar-refractivity contribution in [2.45, 2.75) is 37.4 Å². The van der Waals surface area contributed by atoms with Crippen LogP contribution in [-0.2, 0) is 20.8 Å². The predicted octanol–water partition coefficient (Wildman–Crippen LogP) is -2.32. The Balaban J connectivity index is 2.34. The van der Waals surface area contributed by atoms with Crippen molar-refractivity contribution in [1.82, 2.24) is 16.0 Å². The second-order valence-electron chi connectivity index (χ2n) is 6.91. The van der Waals surface area contributed by atoms with Gasteiger partial charge in [0.05, 0.1) is 18.8 Å². The van der Waals surface area contributed by atoms with Gasteiger partial charge < -0.3 is 43.6 Å². The summed E-state index contributed by atoms with van der Waals surface area (Å²) in [6.45, 7) is 0.244. The molecule has 1 rings (SSSR count). The summed E-state index contributed by atoms with van der Waals surface area (Å²) < 4.78 is 5.16. The zero-order valence-corrected chi connectivity index (χ0v) is 18.5. The Hall–Kier alpha value is -2.87. The van der Waals surface area contributed by atoms with Gasteiger partial charge in [0.15, 0.2) is 0 Å². The molecule has 0 fully saturated rings. The molecule has 4 amide bonds. The van der Waals surface area contributed by atoms with Crippen LogP contribution in [0.25, 0.3) is 0 Å². The normalized spacial score (nSPS) is 13.4. The summed E-state index contributed by atoms with van der Waals surface area (Å²) in [4.78, 5) is 46.5. The van der Waals surface area contributed by atoms with Crippen molar-refractivity contribution in [2.75, 3.05) is 19.0 Å². The van der Waals surface area contributed by atoms with Gasteiger partial charge in [-0.1, -0.05) is 12.1 Å². The van der Waals surface area contributed by atoms with Gasteiger partial charge in [0.2, 0.25) is 17.7 Å². The second kappa shape index (κ2) is 14.2. The molecule has 0 radical (unpaired) electrons. The molecule has 0 aliphatic carbocycles. The molecule has 0 aromatic heterocycles. The van der Waals surface area contributed by atoms with Gasteiger partial charge in [0.1, 0.15) is 11.8 Å². The van der Waals surface area contributed by atoms with Crippen molar-refractivity contribution >= 4 is 36.4 Å². The molecule has 0 aliphatic rings. The number of carbonyl (C=O) groups is 4. The van der Waals surface area contributed by atoms with Crippen molar-refractivity contribution < 1.29 is 23.9 Å². The van der Waals surface area contributed by atoms with E-state index < -0.39 is 36.0 Å². The maximum absolute atomic E-state index is 11.9. The first kappa shape index (κ1) is 27.2. The summed E-state index contributed by atoms with van der Waals surface area (Å²) >= 11 is 3.94. The highest BCUT2D eigenvalue weighted by atomic mass is 32.1. The number of carbonyl (C=O) groups excluding carboxylic acids is 4. The maximum atomic E-state index is 11.9. The second-order valence-corrected chi connectivity index (χ2v) is 7.28. The smallest absolute Gasteiger partial charge is 0.410 e. The van der Waals surface area contributed by atoms with Crippen LogP contribution in [-0.4, -0.2) is 60.9 Å². The zero-order valence-electron chi connectivity index (χ0n) is 17.6. The highest BCUT2D eigenvalue weighted by Gasteiger charge is 2.20. The molecule has 0 heterocycles. The summed E-state index contributed by atoms with van der Waals surface area (Å²) in [5, 5.41) is 7.41. The van der Waals surface area contributed by atoms with E-state index in [0.717, 1.165) is 5.56 Å². The minimum atomic E-state index is -0.893. The highest BCUT2D eigenvalue weighted by Crippen LogP contribution is 2.13. The summed E-state index contributed by atoms with van der Waals surface area (Å²) in [5.41, 5.74) is 22.7. The molecule has 178 valence electrons. The van der Waals surface area contributed by atoms with Crippen LogP contribution >= 0.6 is 12.6 Å². The largest absolute Gasteiger partial charge is 0.412 e. The number of rotatable bonds is 13. The van der Waals surface area contributed by atoms with E-state index in [1.54, 1.807) is 24.3 Å². The summed E-state index contributed by atoms with van der Waals surface area (Å²) in [5.74, 6) is -1.19. The van der Waals surface area contributed by atoms with Crippen LogP contribution in [0.1, 0.15) is 18.4 Å². The van der Waals surface area contributed by atoms with Gasteiger partial charge in [-0.05, 0) is 37.0 Å². The molecule has 0 unspecified atom stereocenters. The van der Waals surface area contributed by atoms with E-state index in [0.29, 0.717) is 18.6 Å². The number of nitrogens with one attached hydrogen (secondary N) is 3. The Labute approximate surface area is 191 Å². The first-order valence-electron chi connectivity index (χ1n) is 9.92. The third-order valence-electron chi connectivity index (χ3n) is 4.34. The van der Waals surface area contributed by atoms with Crippen LogP contribution in [0.5, 0.6) is 5.75 Å². The van der Waals surface area contributed by atoms with Crippen molar-refractivity contribution in [2.24, 2.45) is 22.9 Å². The van der Waals surface area contributed by atoms with Crippen LogP contribution in [0.3, 0.4) is 0 Å². The highest BCUT2D eigenvalue weighted by molar-refractivity contribution is 7.80. The molecule has 1 aromatic rings. The molecule has 0 spiro atoms. The topological polar surface area (TPSA) is 218 Å². The van der Waals surface area contributed by atoms with E-state index >= 15 is 0 Å². The molecule has 32 heavy (non-hydrogen) atoms. The van der Waals surface area contributed by atoms with E-state index in [9.17, 15) is 19.2 Å². The standard InChI is InChI=1S/C19H31N7O5S/c20-10-25-17(28)14(22)8-11-3-5-12(6-4-11)31-19(30)24-7-1-2-13(21)18(29)26-15(9-32)16(23)27/h3-6,13-15,32H,1-2,7-10,20-22H2,(H2,23,27)(H,24,30)(H,25,28)(H,26,29)/t13-,14-,15-/m0/s1. The molecule has 3 atom stereocenters. The van der Waals surface area contributed by atoms with Gasteiger partial charge >= 0.3 is 6.09 Å². The molecule has 0 bridgehead atoms. The lowest BCUT2D eigenvalue weighted by molar-refractivity contribution is -0.127. The average Bonchev–Trinajstić information content (AvgIpc) is 2.75. The summed E-state index contributed by atoms with van der Waals surface area (Å²) in [7, 11) is 0. The van der Waals surface area contributed by atoms with E-state index in [-0.39, 0.29) is 31.3 Å². The van der Waals surface area contributed by atoms with Gasteiger partial charge in [-0.3, -0.25) is 14.4 Å². The van der Waals surface area contributed by atoms with Crippen LogP contribution in [0, 0.1) is 0 Å². The molecule has 0 saturated heterocycles. The van der Waals surface area contributed by atoms with Crippen molar-refractivity contribution in [3.05, 3.63) is 29.8 Å². The van der Waals surface area contributed by atoms with Crippen molar-refractivity contribution in [1.29, 1.82) is 0 Å². The first-order valence-corrected chi connectivity index (χ1v) is 10.5. The Bertz CT molecular complexity index is 778. The first-order chi connectivity index (χ1) is 15.2. The van der Waals surface area contributed by atoms with Crippen molar-refractivity contribution in [3.8, 4) is 5.75 Å². The number of hydrogen-bond donors (Lipinski definition) is 8. The number of hydrogen-bond acceptors (Lipinski definition) is 9. The molecule has 11 N–H and O–H groups in total. The zero-order chi connectivity index (χ0) is 24.1. The molecular formula is C19H31N7O5S. The van der Waals surface area contributed by atoms with Crippen LogP contribution < -0.4 is 43.6 Å². The summed E-state index contributed by atoms with van der Waals surface area (Å²) in [6.07, 6.45) is 0.323. The number of benzene rings is 1. The lowest BCUT2D eigenvalue weighted by Crippen LogP contribution is -2.51. The molecule has 0 saturated carbocycles. The Kier molecular flexibility index (Phi) is 12.1. The fourth-order valence-electron chi connectivity index (χ4n) is 2.54. The number of primary amides is 1. The number of amides is 4. The van der Waals surface area contributed by atoms with E-state index in [4.69, 9.17) is 27.7 Å². The van der Waals surface area contributed by atoms with Gasteiger partial charge in [-0.2, -0.15) is 12.6 Å². The fraction of sp³-hybridized carbons (Fsp3) is 0.474. The minimum absolute atomic E-state index is 0.0133. The van der Waals surface area contributed by atoms with E-state index in [1.165, 1.54) is 0 Å². The molecule has 12 nitrogen and oxygen atoms in total. The van der Waals surface area contributed by atoms with Gasteiger partial charge in [0.25, 0.3) is 0 Å². The lowest BCUT2D eigenvalue weighted by atomic mass is 10.1.